The SMILES string of the molecule is CC1(C)CNCC(COCCO)O1. The van der Waals surface area contributed by atoms with Gasteiger partial charge in [-0.3, -0.25) is 0 Å². The quantitative estimate of drug-likeness (QED) is 0.599. The summed E-state index contributed by atoms with van der Waals surface area (Å²) in [6, 6.07) is 0. The zero-order valence-electron chi connectivity index (χ0n) is 8.38. The Hall–Kier alpha value is -0.160. The maximum atomic E-state index is 8.52. The highest BCUT2D eigenvalue weighted by Gasteiger charge is 2.27. The van der Waals surface area contributed by atoms with Gasteiger partial charge in [-0.1, -0.05) is 0 Å². The van der Waals surface area contributed by atoms with E-state index in [1.807, 2.05) is 0 Å². The molecule has 0 aromatic carbocycles. The van der Waals surface area contributed by atoms with E-state index >= 15 is 0 Å². The topological polar surface area (TPSA) is 50.7 Å². The molecule has 0 saturated carbocycles. The van der Waals surface area contributed by atoms with E-state index in [1.54, 1.807) is 0 Å². The highest BCUT2D eigenvalue weighted by atomic mass is 16.6. The van der Waals surface area contributed by atoms with Crippen molar-refractivity contribution in [2.24, 2.45) is 0 Å². The normalized spacial score (nSPS) is 27.5. The van der Waals surface area contributed by atoms with Crippen LogP contribution in [0, 0.1) is 0 Å². The molecule has 4 heteroatoms. The molecule has 1 aliphatic rings. The van der Waals surface area contributed by atoms with E-state index in [1.165, 1.54) is 0 Å². The molecule has 1 atom stereocenters. The molecule has 0 aliphatic carbocycles. The number of morpholine rings is 1. The van der Waals surface area contributed by atoms with Crippen LogP contribution < -0.4 is 5.32 Å². The van der Waals surface area contributed by atoms with Crippen LogP contribution in [-0.2, 0) is 9.47 Å². The van der Waals surface area contributed by atoms with Gasteiger partial charge in [0.15, 0.2) is 0 Å². The lowest BCUT2D eigenvalue weighted by Gasteiger charge is -2.36. The number of hydrogen-bond acceptors (Lipinski definition) is 4. The molecular formula is C9H19NO3. The fourth-order valence-electron chi connectivity index (χ4n) is 1.44. The fraction of sp³-hybridized carbons (Fsp3) is 1.00. The molecule has 0 spiro atoms. The third-order valence-electron chi connectivity index (χ3n) is 1.95. The van der Waals surface area contributed by atoms with E-state index in [2.05, 4.69) is 19.2 Å². The van der Waals surface area contributed by atoms with Crippen LogP contribution in [0.2, 0.25) is 0 Å². The molecule has 0 radical (unpaired) electrons. The minimum atomic E-state index is -0.106. The monoisotopic (exact) mass is 189 g/mol. The maximum Gasteiger partial charge on any atom is 0.0940 e. The Bertz CT molecular complexity index is 150. The zero-order valence-corrected chi connectivity index (χ0v) is 8.38. The molecule has 0 amide bonds. The lowest BCUT2D eigenvalue weighted by Crippen LogP contribution is -2.51. The summed E-state index contributed by atoms with van der Waals surface area (Å²) in [5, 5.41) is 11.8. The van der Waals surface area contributed by atoms with Crippen LogP contribution in [0.15, 0.2) is 0 Å². The second-order valence-electron chi connectivity index (χ2n) is 3.93. The van der Waals surface area contributed by atoms with E-state index in [0.717, 1.165) is 13.1 Å². The molecule has 1 fully saturated rings. The molecular weight excluding hydrogens is 170 g/mol. The van der Waals surface area contributed by atoms with Gasteiger partial charge in [0.05, 0.1) is 31.5 Å². The van der Waals surface area contributed by atoms with Crippen LogP contribution in [0.1, 0.15) is 13.8 Å². The predicted octanol–water partition coefficient (Wildman–Crippen LogP) is -0.238. The number of aliphatic hydroxyl groups excluding tert-OH is 1. The average Bonchev–Trinajstić information content (AvgIpc) is 2.03. The van der Waals surface area contributed by atoms with Crippen molar-refractivity contribution in [1.82, 2.24) is 5.32 Å². The van der Waals surface area contributed by atoms with Crippen LogP contribution in [0.25, 0.3) is 0 Å². The number of aliphatic hydroxyl groups is 1. The molecule has 1 rings (SSSR count). The van der Waals surface area contributed by atoms with Crippen molar-refractivity contribution >= 4 is 0 Å². The number of nitrogens with one attached hydrogen (secondary N) is 1. The molecule has 2 N–H and O–H groups in total. The van der Waals surface area contributed by atoms with E-state index in [9.17, 15) is 0 Å². The number of ether oxygens (including phenoxy) is 2. The van der Waals surface area contributed by atoms with Crippen LogP contribution >= 0.6 is 0 Å². The molecule has 13 heavy (non-hydrogen) atoms. The van der Waals surface area contributed by atoms with Gasteiger partial charge in [-0.15, -0.1) is 0 Å². The van der Waals surface area contributed by atoms with E-state index in [4.69, 9.17) is 14.6 Å². The van der Waals surface area contributed by atoms with Crippen LogP contribution in [0.5, 0.6) is 0 Å². The Morgan fingerprint density at radius 3 is 3.00 bits per heavy atom. The zero-order chi connectivity index (χ0) is 9.73. The molecule has 0 bridgehead atoms. The van der Waals surface area contributed by atoms with Gasteiger partial charge in [0.1, 0.15) is 0 Å². The van der Waals surface area contributed by atoms with Crippen molar-refractivity contribution < 1.29 is 14.6 Å². The predicted molar refractivity (Wildman–Crippen MR) is 49.7 cm³/mol. The Morgan fingerprint density at radius 1 is 1.62 bits per heavy atom. The summed E-state index contributed by atoms with van der Waals surface area (Å²) in [6.45, 7) is 6.83. The van der Waals surface area contributed by atoms with Crippen molar-refractivity contribution in [1.29, 1.82) is 0 Å². The van der Waals surface area contributed by atoms with Gasteiger partial charge in [0.2, 0.25) is 0 Å². The lowest BCUT2D eigenvalue weighted by atomic mass is 10.1. The van der Waals surface area contributed by atoms with Crippen molar-refractivity contribution in [2.75, 3.05) is 32.9 Å². The van der Waals surface area contributed by atoms with Crippen LogP contribution in [-0.4, -0.2) is 49.7 Å². The average molecular weight is 189 g/mol. The Balaban J connectivity index is 2.19. The van der Waals surface area contributed by atoms with Crippen LogP contribution in [0.3, 0.4) is 0 Å². The molecule has 0 aromatic rings. The lowest BCUT2D eigenvalue weighted by molar-refractivity contribution is -0.121. The second-order valence-corrected chi connectivity index (χ2v) is 3.93. The van der Waals surface area contributed by atoms with Gasteiger partial charge in [-0.05, 0) is 13.8 Å². The first-order chi connectivity index (χ1) is 6.14. The van der Waals surface area contributed by atoms with E-state index < -0.39 is 0 Å². The summed E-state index contributed by atoms with van der Waals surface area (Å²) in [4.78, 5) is 0. The molecule has 1 unspecified atom stereocenters. The maximum absolute atomic E-state index is 8.52. The summed E-state index contributed by atoms with van der Waals surface area (Å²) in [5.74, 6) is 0. The third kappa shape index (κ3) is 4.04. The number of hydrogen-bond donors (Lipinski definition) is 2. The minimum absolute atomic E-state index is 0.0730. The second kappa shape index (κ2) is 4.91. The van der Waals surface area contributed by atoms with Crippen LogP contribution in [0.4, 0.5) is 0 Å². The van der Waals surface area contributed by atoms with Crippen molar-refractivity contribution in [3.05, 3.63) is 0 Å². The number of rotatable bonds is 4. The van der Waals surface area contributed by atoms with Crippen molar-refractivity contribution in [2.45, 2.75) is 25.6 Å². The first-order valence-corrected chi connectivity index (χ1v) is 4.71. The molecule has 1 heterocycles. The highest BCUT2D eigenvalue weighted by Crippen LogP contribution is 2.15. The highest BCUT2D eigenvalue weighted by molar-refractivity contribution is 4.80. The van der Waals surface area contributed by atoms with E-state index in [0.29, 0.717) is 13.2 Å². The standard InChI is InChI=1S/C9H19NO3/c1-9(2)7-10-5-8(13-9)6-12-4-3-11/h8,10-11H,3-7H2,1-2H3. The van der Waals surface area contributed by atoms with Crippen molar-refractivity contribution in [3.8, 4) is 0 Å². The Kier molecular flexibility index (Phi) is 4.12. The fourth-order valence-corrected chi connectivity index (χ4v) is 1.44. The van der Waals surface area contributed by atoms with Gasteiger partial charge in [-0.2, -0.15) is 0 Å². The Morgan fingerprint density at radius 2 is 2.38 bits per heavy atom. The molecule has 1 saturated heterocycles. The molecule has 1 aliphatic heterocycles. The van der Waals surface area contributed by atoms with Gasteiger partial charge in [0.25, 0.3) is 0 Å². The van der Waals surface area contributed by atoms with Gasteiger partial charge in [0, 0.05) is 13.1 Å². The van der Waals surface area contributed by atoms with Gasteiger partial charge >= 0.3 is 0 Å². The summed E-state index contributed by atoms with van der Waals surface area (Å²) in [7, 11) is 0. The summed E-state index contributed by atoms with van der Waals surface area (Å²) >= 11 is 0. The smallest absolute Gasteiger partial charge is 0.0940 e. The molecule has 4 nitrogen and oxygen atoms in total. The molecule has 78 valence electrons. The van der Waals surface area contributed by atoms with Gasteiger partial charge in [-0.25, -0.2) is 0 Å². The van der Waals surface area contributed by atoms with E-state index in [-0.39, 0.29) is 18.3 Å². The van der Waals surface area contributed by atoms with Crippen molar-refractivity contribution in [3.63, 3.8) is 0 Å². The Labute approximate surface area is 79.2 Å². The first kappa shape index (κ1) is 10.9. The first-order valence-electron chi connectivity index (χ1n) is 4.71. The summed E-state index contributed by atoms with van der Waals surface area (Å²) < 4.78 is 11.0. The summed E-state index contributed by atoms with van der Waals surface area (Å²) in [5.41, 5.74) is -0.106. The minimum Gasteiger partial charge on any atom is -0.394 e. The largest absolute Gasteiger partial charge is 0.394 e. The van der Waals surface area contributed by atoms with Gasteiger partial charge < -0.3 is 19.9 Å². The third-order valence-corrected chi connectivity index (χ3v) is 1.95. The molecule has 0 aromatic heterocycles. The summed E-state index contributed by atoms with van der Waals surface area (Å²) in [6.07, 6.45) is 0.107.